The molecule has 122 valence electrons. The van der Waals surface area contributed by atoms with Crippen molar-refractivity contribution < 1.29 is 9.90 Å². The van der Waals surface area contributed by atoms with Gasteiger partial charge in [0.25, 0.3) is 0 Å². The molecule has 6 nitrogen and oxygen atoms in total. The molecule has 0 spiro atoms. The van der Waals surface area contributed by atoms with Crippen molar-refractivity contribution in [1.29, 1.82) is 0 Å². The van der Waals surface area contributed by atoms with Crippen molar-refractivity contribution >= 4 is 11.8 Å². The average molecular weight is 314 g/mol. The van der Waals surface area contributed by atoms with Crippen LogP contribution in [-0.4, -0.2) is 38.7 Å². The minimum atomic E-state index is -0.914. The molecular formula is C17H22N4O2. The number of piperidine rings is 1. The van der Waals surface area contributed by atoms with E-state index in [0.717, 1.165) is 37.6 Å². The summed E-state index contributed by atoms with van der Waals surface area (Å²) in [5.74, 6) is 1.44. The average Bonchev–Trinajstić information content (AvgIpc) is 3.05. The Kier molecular flexibility index (Phi) is 4.32. The van der Waals surface area contributed by atoms with Gasteiger partial charge in [-0.15, -0.1) is 0 Å². The van der Waals surface area contributed by atoms with Gasteiger partial charge < -0.3 is 14.6 Å². The molecule has 0 unspecified atom stereocenters. The van der Waals surface area contributed by atoms with Crippen LogP contribution in [0.15, 0.2) is 30.7 Å². The molecule has 23 heavy (non-hydrogen) atoms. The highest BCUT2D eigenvalue weighted by molar-refractivity contribution is 5.88. The quantitative estimate of drug-likeness (QED) is 0.939. The lowest BCUT2D eigenvalue weighted by Crippen LogP contribution is -2.34. The van der Waals surface area contributed by atoms with E-state index >= 15 is 0 Å². The van der Waals surface area contributed by atoms with Crippen LogP contribution in [0.2, 0.25) is 0 Å². The van der Waals surface area contributed by atoms with E-state index in [2.05, 4.69) is 33.3 Å². The Bertz CT molecular complexity index is 687. The molecule has 0 bridgehead atoms. The molecule has 0 atom stereocenters. The van der Waals surface area contributed by atoms with Crippen LogP contribution in [0.4, 0.5) is 5.82 Å². The van der Waals surface area contributed by atoms with Crippen LogP contribution in [0.5, 0.6) is 0 Å². The molecular weight excluding hydrogens is 292 g/mol. The van der Waals surface area contributed by atoms with Crippen LogP contribution in [0.25, 0.3) is 0 Å². The van der Waals surface area contributed by atoms with Crippen molar-refractivity contribution in [3.8, 4) is 0 Å². The van der Waals surface area contributed by atoms with Crippen LogP contribution in [0.3, 0.4) is 0 Å². The van der Waals surface area contributed by atoms with Crippen molar-refractivity contribution in [2.75, 3.05) is 18.0 Å². The molecule has 0 aliphatic carbocycles. The minimum Gasteiger partial charge on any atom is -0.478 e. The minimum absolute atomic E-state index is 0.285. The van der Waals surface area contributed by atoms with Crippen LogP contribution >= 0.6 is 0 Å². The van der Waals surface area contributed by atoms with Gasteiger partial charge in [-0.1, -0.05) is 0 Å². The van der Waals surface area contributed by atoms with Crippen molar-refractivity contribution in [3.63, 3.8) is 0 Å². The highest BCUT2D eigenvalue weighted by atomic mass is 16.4. The number of aromatic carboxylic acids is 1. The Morgan fingerprint density at radius 1 is 1.26 bits per heavy atom. The first-order valence-electron chi connectivity index (χ1n) is 8.03. The summed E-state index contributed by atoms with van der Waals surface area (Å²) in [6, 6.07) is 3.59. The zero-order chi connectivity index (χ0) is 16.4. The fourth-order valence-electron chi connectivity index (χ4n) is 3.17. The van der Waals surface area contributed by atoms with Gasteiger partial charge in [-0.05, 0) is 38.8 Å². The second-order valence-corrected chi connectivity index (χ2v) is 6.26. The summed E-state index contributed by atoms with van der Waals surface area (Å²) in [6.45, 7) is 6.07. The van der Waals surface area contributed by atoms with Gasteiger partial charge in [-0.2, -0.15) is 0 Å². The van der Waals surface area contributed by atoms with Gasteiger partial charge in [-0.3, -0.25) is 0 Å². The van der Waals surface area contributed by atoms with Gasteiger partial charge in [0.15, 0.2) is 0 Å². The number of nitrogens with zero attached hydrogens (tertiary/aromatic N) is 4. The normalized spacial score (nSPS) is 16.0. The van der Waals surface area contributed by atoms with Crippen LogP contribution in [0, 0.1) is 0 Å². The topological polar surface area (TPSA) is 71.2 Å². The summed E-state index contributed by atoms with van der Waals surface area (Å²) in [4.78, 5) is 22.1. The number of anilines is 1. The zero-order valence-electron chi connectivity index (χ0n) is 13.5. The van der Waals surface area contributed by atoms with Crippen molar-refractivity contribution in [1.82, 2.24) is 14.5 Å². The number of carbonyl (C=O) groups is 1. The summed E-state index contributed by atoms with van der Waals surface area (Å²) in [5, 5.41) is 9.10. The largest absolute Gasteiger partial charge is 0.478 e. The van der Waals surface area contributed by atoms with E-state index in [1.54, 1.807) is 12.3 Å². The van der Waals surface area contributed by atoms with Crippen molar-refractivity contribution in [2.45, 2.75) is 38.6 Å². The predicted molar refractivity (Wildman–Crippen MR) is 88.0 cm³/mol. The lowest BCUT2D eigenvalue weighted by Gasteiger charge is -2.33. The molecule has 2 aromatic heterocycles. The van der Waals surface area contributed by atoms with E-state index in [1.165, 1.54) is 6.07 Å². The second-order valence-electron chi connectivity index (χ2n) is 6.26. The van der Waals surface area contributed by atoms with Crippen LogP contribution in [0.1, 0.15) is 54.8 Å². The molecule has 3 rings (SSSR count). The van der Waals surface area contributed by atoms with Gasteiger partial charge in [0.05, 0.1) is 5.56 Å². The Labute approximate surface area is 135 Å². The number of rotatable bonds is 4. The highest BCUT2D eigenvalue weighted by Gasteiger charge is 2.25. The van der Waals surface area contributed by atoms with Crippen LogP contribution in [-0.2, 0) is 0 Å². The third-order valence-corrected chi connectivity index (χ3v) is 4.43. The van der Waals surface area contributed by atoms with E-state index in [0.29, 0.717) is 12.0 Å². The monoisotopic (exact) mass is 314 g/mol. The number of aromatic nitrogens is 3. The van der Waals surface area contributed by atoms with Crippen molar-refractivity contribution in [2.24, 2.45) is 0 Å². The van der Waals surface area contributed by atoms with Gasteiger partial charge in [0.1, 0.15) is 11.6 Å². The molecule has 6 heteroatoms. The fourth-order valence-corrected chi connectivity index (χ4v) is 3.17. The first-order valence-corrected chi connectivity index (χ1v) is 8.03. The SMILES string of the molecule is CC(C)n1ccnc1C1CCN(c2cc(C(=O)O)ccn2)CC1. The number of hydrogen-bond donors (Lipinski definition) is 1. The van der Waals surface area contributed by atoms with E-state index in [4.69, 9.17) is 5.11 Å². The number of carboxylic acids is 1. The Balaban J connectivity index is 1.70. The maximum atomic E-state index is 11.1. The van der Waals surface area contributed by atoms with Gasteiger partial charge in [0, 0.05) is 43.6 Å². The predicted octanol–water partition coefficient (Wildman–Crippen LogP) is 2.94. The van der Waals surface area contributed by atoms with Crippen molar-refractivity contribution in [3.05, 3.63) is 42.1 Å². The smallest absolute Gasteiger partial charge is 0.335 e. The first kappa shape index (κ1) is 15.5. The number of imidazole rings is 1. The lowest BCUT2D eigenvalue weighted by atomic mass is 9.95. The standard InChI is InChI=1S/C17H22N4O2/c1-12(2)21-10-7-19-16(21)13-4-8-20(9-5-13)15-11-14(17(22)23)3-6-18-15/h3,6-7,10-13H,4-5,8-9H2,1-2H3,(H,22,23). The number of pyridine rings is 1. The summed E-state index contributed by atoms with van der Waals surface area (Å²) in [5.41, 5.74) is 0.285. The number of hydrogen-bond acceptors (Lipinski definition) is 4. The summed E-state index contributed by atoms with van der Waals surface area (Å²) in [6.07, 6.45) is 7.49. The molecule has 1 N–H and O–H groups in total. The summed E-state index contributed by atoms with van der Waals surface area (Å²) < 4.78 is 2.24. The van der Waals surface area contributed by atoms with E-state index in [-0.39, 0.29) is 5.56 Å². The van der Waals surface area contributed by atoms with E-state index in [1.807, 2.05) is 12.4 Å². The zero-order valence-corrected chi connectivity index (χ0v) is 13.5. The van der Waals surface area contributed by atoms with Gasteiger partial charge in [0.2, 0.25) is 0 Å². The molecule has 1 saturated heterocycles. The molecule has 0 aromatic carbocycles. The molecule has 1 fully saturated rings. The molecule has 3 heterocycles. The van der Waals surface area contributed by atoms with Crippen LogP contribution < -0.4 is 4.90 Å². The lowest BCUT2D eigenvalue weighted by molar-refractivity contribution is 0.0697. The van der Waals surface area contributed by atoms with Gasteiger partial charge in [-0.25, -0.2) is 14.8 Å². The molecule has 0 amide bonds. The Hall–Kier alpha value is -2.37. The first-order chi connectivity index (χ1) is 11.1. The third-order valence-electron chi connectivity index (χ3n) is 4.43. The Morgan fingerprint density at radius 3 is 2.65 bits per heavy atom. The maximum Gasteiger partial charge on any atom is 0.335 e. The highest BCUT2D eigenvalue weighted by Crippen LogP contribution is 2.30. The maximum absolute atomic E-state index is 11.1. The third kappa shape index (κ3) is 3.21. The van der Waals surface area contributed by atoms with Gasteiger partial charge >= 0.3 is 5.97 Å². The summed E-state index contributed by atoms with van der Waals surface area (Å²) >= 11 is 0. The summed E-state index contributed by atoms with van der Waals surface area (Å²) in [7, 11) is 0. The molecule has 1 aliphatic rings. The Morgan fingerprint density at radius 2 is 2.00 bits per heavy atom. The van der Waals surface area contributed by atoms with E-state index in [9.17, 15) is 4.79 Å². The van der Waals surface area contributed by atoms with E-state index < -0.39 is 5.97 Å². The number of carboxylic acid groups (broad SMARTS) is 1. The molecule has 0 saturated carbocycles. The molecule has 1 aliphatic heterocycles. The molecule has 2 aromatic rings. The molecule has 0 radical (unpaired) electrons. The second kappa shape index (κ2) is 6.40. The fraction of sp³-hybridized carbons (Fsp3) is 0.471.